The SMILES string of the molecule is CC(C)Sc1ccc(C(=O)CCCl)cc1. The molecule has 82 valence electrons. The molecule has 0 heterocycles. The molecule has 0 fully saturated rings. The van der Waals surface area contributed by atoms with Gasteiger partial charge in [0.15, 0.2) is 5.78 Å². The van der Waals surface area contributed by atoms with Crippen LogP contribution in [0, 0.1) is 0 Å². The molecule has 0 N–H and O–H groups in total. The first-order valence-corrected chi connectivity index (χ1v) is 6.41. The van der Waals surface area contributed by atoms with E-state index in [1.807, 2.05) is 24.3 Å². The fourth-order valence-electron chi connectivity index (χ4n) is 1.22. The van der Waals surface area contributed by atoms with E-state index in [1.54, 1.807) is 11.8 Å². The van der Waals surface area contributed by atoms with Gasteiger partial charge in [0, 0.05) is 28.0 Å². The summed E-state index contributed by atoms with van der Waals surface area (Å²) in [4.78, 5) is 12.7. The molecular formula is C12H15ClOS. The molecule has 0 aliphatic heterocycles. The summed E-state index contributed by atoms with van der Waals surface area (Å²) in [5, 5.41) is 0.564. The van der Waals surface area contributed by atoms with Crippen LogP contribution in [0.2, 0.25) is 0 Å². The van der Waals surface area contributed by atoms with Crippen molar-refractivity contribution in [2.24, 2.45) is 0 Å². The number of hydrogen-bond donors (Lipinski definition) is 0. The van der Waals surface area contributed by atoms with Crippen molar-refractivity contribution in [3.8, 4) is 0 Å². The van der Waals surface area contributed by atoms with Crippen LogP contribution in [-0.4, -0.2) is 16.9 Å². The highest BCUT2D eigenvalue weighted by atomic mass is 35.5. The number of rotatable bonds is 5. The number of carbonyl (C=O) groups is 1. The van der Waals surface area contributed by atoms with Crippen molar-refractivity contribution < 1.29 is 4.79 Å². The second-order valence-corrected chi connectivity index (χ2v) is 5.58. The number of benzene rings is 1. The largest absolute Gasteiger partial charge is 0.294 e. The predicted octanol–water partition coefficient (Wildman–Crippen LogP) is 4.00. The minimum Gasteiger partial charge on any atom is -0.294 e. The molecule has 0 amide bonds. The van der Waals surface area contributed by atoms with Crippen molar-refractivity contribution in [1.82, 2.24) is 0 Å². The molecule has 1 rings (SSSR count). The Bertz CT molecular complexity index is 319. The van der Waals surface area contributed by atoms with Gasteiger partial charge in [0.2, 0.25) is 0 Å². The lowest BCUT2D eigenvalue weighted by atomic mass is 10.1. The molecule has 0 aliphatic carbocycles. The van der Waals surface area contributed by atoms with E-state index in [4.69, 9.17) is 11.6 Å². The van der Waals surface area contributed by atoms with Crippen molar-refractivity contribution in [3.63, 3.8) is 0 Å². The molecule has 0 saturated carbocycles. The normalized spacial score (nSPS) is 10.7. The Hall–Kier alpha value is -0.470. The maximum atomic E-state index is 11.5. The number of alkyl halides is 1. The van der Waals surface area contributed by atoms with Gasteiger partial charge in [-0.2, -0.15) is 0 Å². The third-order valence-corrected chi connectivity index (χ3v) is 3.07. The van der Waals surface area contributed by atoms with Gasteiger partial charge in [-0.25, -0.2) is 0 Å². The van der Waals surface area contributed by atoms with Gasteiger partial charge in [0.25, 0.3) is 0 Å². The maximum Gasteiger partial charge on any atom is 0.164 e. The van der Waals surface area contributed by atoms with Crippen molar-refractivity contribution in [2.45, 2.75) is 30.4 Å². The third-order valence-electron chi connectivity index (χ3n) is 1.87. The highest BCUT2D eigenvalue weighted by molar-refractivity contribution is 7.99. The molecular weight excluding hydrogens is 228 g/mol. The second-order valence-electron chi connectivity index (χ2n) is 3.55. The monoisotopic (exact) mass is 242 g/mol. The molecule has 1 nitrogen and oxygen atoms in total. The molecule has 15 heavy (non-hydrogen) atoms. The van der Waals surface area contributed by atoms with Crippen molar-refractivity contribution in [2.75, 3.05) is 5.88 Å². The Kier molecular flexibility index (Phi) is 5.20. The average molecular weight is 243 g/mol. The standard InChI is InChI=1S/C12H15ClOS/c1-9(2)15-11-5-3-10(4-6-11)12(14)7-8-13/h3-6,9H,7-8H2,1-2H3. The van der Waals surface area contributed by atoms with Gasteiger partial charge in [-0.3, -0.25) is 4.79 Å². The lowest BCUT2D eigenvalue weighted by Gasteiger charge is -2.05. The summed E-state index contributed by atoms with van der Waals surface area (Å²) in [5.74, 6) is 0.507. The van der Waals surface area contributed by atoms with Crippen LogP contribution in [0.4, 0.5) is 0 Å². The van der Waals surface area contributed by atoms with E-state index in [9.17, 15) is 4.79 Å². The third kappa shape index (κ3) is 4.27. The average Bonchev–Trinajstić information content (AvgIpc) is 2.18. The zero-order chi connectivity index (χ0) is 11.3. The molecule has 0 radical (unpaired) electrons. The highest BCUT2D eigenvalue weighted by Gasteiger charge is 2.05. The van der Waals surface area contributed by atoms with Gasteiger partial charge in [0.05, 0.1) is 0 Å². The summed E-state index contributed by atoms with van der Waals surface area (Å²) in [6, 6.07) is 7.73. The molecule has 0 bridgehead atoms. The van der Waals surface area contributed by atoms with Crippen molar-refractivity contribution in [1.29, 1.82) is 0 Å². The van der Waals surface area contributed by atoms with Crippen LogP contribution in [-0.2, 0) is 0 Å². The van der Waals surface area contributed by atoms with Crippen molar-refractivity contribution in [3.05, 3.63) is 29.8 Å². The summed E-state index contributed by atoms with van der Waals surface area (Å²) >= 11 is 7.32. The van der Waals surface area contributed by atoms with Gasteiger partial charge in [-0.15, -0.1) is 23.4 Å². The highest BCUT2D eigenvalue weighted by Crippen LogP contribution is 2.23. The van der Waals surface area contributed by atoms with Crippen molar-refractivity contribution >= 4 is 29.1 Å². The van der Waals surface area contributed by atoms with E-state index < -0.39 is 0 Å². The maximum absolute atomic E-state index is 11.5. The second kappa shape index (κ2) is 6.19. The summed E-state index contributed by atoms with van der Waals surface area (Å²) in [5.41, 5.74) is 0.753. The van der Waals surface area contributed by atoms with Gasteiger partial charge in [0.1, 0.15) is 0 Å². The van der Waals surface area contributed by atoms with Crippen LogP contribution in [0.1, 0.15) is 30.6 Å². The first kappa shape index (κ1) is 12.6. The van der Waals surface area contributed by atoms with Crippen LogP contribution >= 0.6 is 23.4 Å². The number of Topliss-reactive ketones (excluding diaryl/α,β-unsaturated/α-hetero) is 1. The van der Waals surface area contributed by atoms with E-state index in [0.717, 1.165) is 5.56 Å². The summed E-state index contributed by atoms with van der Waals surface area (Å²) in [6.45, 7) is 4.30. The Morgan fingerprint density at radius 3 is 2.40 bits per heavy atom. The predicted molar refractivity (Wildman–Crippen MR) is 67.1 cm³/mol. The van der Waals surface area contributed by atoms with E-state index in [-0.39, 0.29) is 5.78 Å². The molecule has 0 aromatic heterocycles. The number of carbonyl (C=O) groups excluding carboxylic acids is 1. The molecule has 1 aromatic carbocycles. The van der Waals surface area contributed by atoms with Gasteiger partial charge in [-0.05, 0) is 12.1 Å². The summed E-state index contributed by atoms with van der Waals surface area (Å²) < 4.78 is 0. The molecule has 1 aromatic rings. The van der Waals surface area contributed by atoms with Gasteiger partial charge in [-0.1, -0.05) is 26.0 Å². The van der Waals surface area contributed by atoms with Crippen LogP contribution < -0.4 is 0 Å². The fraction of sp³-hybridized carbons (Fsp3) is 0.417. The Labute approximate surface area is 100 Å². The molecule has 3 heteroatoms. The van der Waals surface area contributed by atoms with E-state index in [2.05, 4.69) is 13.8 Å². The molecule has 0 saturated heterocycles. The summed E-state index contributed by atoms with van der Waals surface area (Å²) in [6.07, 6.45) is 0.415. The molecule has 0 spiro atoms. The van der Waals surface area contributed by atoms with E-state index >= 15 is 0 Å². The van der Waals surface area contributed by atoms with Gasteiger partial charge < -0.3 is 0 Å². The smallest absolute Gasteiger partial charge is 0.164 e. The van der Waals surface area contributed by atoms with Crippen LogP contribution in [0.3, 0.4) is 0 Å². The Morgan fingerprint density at radius 1 is 1.33 bits per heavy atom. The lowest BCUT2D eigenvalue weighted by Crippen LogP contribution is -1.99. The molecule has 0 aliphatic rings. The van der Waals surface area contributed by atoms with E-state index in [1.165, 1.54) is 4.90 Å². The molecule has 0 unspecified atom stereocenters. The minimum absolute atomic E-state index is 0.117. The quantitative estimate of drug-likeness (QED) is 0.441. The zero-order valence-corrected chi connectivity index (χ0v) is 10.6. The van der Waals surface area contributed by atoms with Crippen LogP contribution in [0.15, 0.2) is 29.2 Å². The number of hydrogen-bond acceptors (Lipinski definition) is 2. The minimum atomic E-state index is 0.117. The van der Waals surface area contributed by atoms with Crippen LogP contribution in [0.25, 0.3) is 0 Å². The fourth-order valence-corrected chi connectivity index (χ4v) is 2.23. The topological polar surface area (TPSA) is 17.1 Å². The van der Waals surface area contributed by atoms with E-state index in [0.29, 0.717) is 17.6 Å². The summed E-state index contributed by atoms with van der Waals surface area (Å²) in [7, 11) is 0. The Balaban J connectivity index is 2.67. The van der Waals surface area contributed by atoms with Gasteiger partial charge >= 0.3 is 0 Å². The number of ketones is 1. The lowest BCUT2D eigenvalue weighted by molar-refractivity contribution is 0.0989. The number of thioether (sulfide) groups is 1. The number of halogens is 1. The zero-order valence-electron chi connectivity index (χ0n) is 9.00. The van der Waals surface area contributed by atoms with Crippen LogP contribution in [0.5, 0.6) is 0 Å². The Morgan fingerprint density at radius 2 is 1.93 bits per heavy atom. The molecule has 0 atom stereocenters. The first-order valence-electron chi connectivity index (χ1n) is 4.99. The first-order chi connectivity index (χ1) is 7.13.